The number of nitrogens with zero attached hydrogens (tertiary/aromatic N) is 2. The zero-order valence-electron chi connectivity index (χ0n) is 14.1. The highest BCUT2D eigenvalue weighted by molar-refractivity contribution is 5.74. The van der Waals surface area contributed by atoms with E-state index >= 15 is 0 Å². The second-order valence-corrected chi connectivity index (χ2v) is 6.32. The molecule has 0 fully saturated rings. The molecule has 2 atom stereocenters. The molecular weight excluding hydrogens is 345 g/mol. The molecule has 0 bridgehead atoms. The minimum atomic E-state index is -4.29. The fourth-order valence-electron chi connectivity index (χ4n) is 3.47. The summed E-state index contributed by atoms with van der Waals surface area (Å²) in [6.07, 6.45) is -5.35. The van der Waals surface area contributed by atoms with Crippen LogP contribution in [0.3, 0.4) is 0 Å². The standard InChI is InChI=1S/C19H21F3N2O2/c20-19(21,22)13-23-10-11-24(16-9-5-4-8-15(16)23)18(17(26)12-25)14-6-2-1-3-7-14/h1-9,17-18,25-26H,10-13H2/t17-,18+/m0/s1. The Labute approximate surface area is 150 Å². The van der Waals surface area contributed by atoms with Crippen LogP contribution >= 0.6 is 0 Å². The molecule has 0 saturated heterocycles. The third-order valence-electron chi connectivity index (χ3n) is 4.54. The SMILES string of the molecule is OC[C@H](O)[C@@H](c1ccccc1)N1CCN(CC(F)(F)F)c2ccccc21. The van der Waals surface area contributed by atoms with Gasteiger partial charge < -0.3 is 20.0 Å². The van der Waals surface area contributed by atoms with Crippen molar-refractivity contribution in [3.63, 3.8) is 0 Å². The van der Waals surface area contributed by atoms with Crippen molar-refractivity contribution in [1.82, 2.24) is 0 Å². The molecule has 0 aliphatic carbocycles. The number of aliphatic hydroxyl groups excluding tert-OH is 2. The molecule has 2 aromatic rings. The number of para-hydroxylation sites is 2. The zero-order valence-corrected chi connectivity index (χ0v) is 14.1. The number of aliphatic hydroxyl groups is 2. The van der Waals surface area contributed by atoms with Gasteiger partial charge in [0.1, 0.15) is 12.6 Å². The first-order valence-corrected chi connectivity index (χ1v) is 8.42. The van der Waals surface area contributed by atoms with Crippen molar-refractivity contribution in [1.29, 1.82) is 0 Å². The lowest BCUT2D eigenvalue weighted by Crippen LogP contribution is -2.48. The molecule has 140 valence electrons. The van der Waals surface area contributed by atoms with Gasteiger partial charge in [0.2, 0.25) is 0 Å². The topological polar surface area (TPSA) is 46.9 Å². The van der Waals surface area contributed by atoms with E-state index in [1.165, 1.54) is 4.90 Å². The summed E-state index contributed by atoms with van der Waals surface area (Å²) in [4.78, 5) is 3.18. The van der Waals surface area contributed by atoms with Gasteiger partial charge in [-0.25, -0.2) is 0 Å². The molecule has 4 nitrogen and oxygen atoms in total. The third-order valence-corrected chi connectivity index (χ3v) is 4.54. The van der Waals surface area contributed by atoms with Gasteiger partial charge in [0, 0.05) is 13.1 Å². The third kappa shape index (κ3) is 3.94. The van der Waals surface area contributed by atoms with Gasteiger partial charge in [-0.15, -0.1) is 0 Å². The maximum Gasteiger partial charge on any atom is 0.405 e. The molecule has 1 aliphatic rings. The molecule has 7 heteroatoms. The maximum atomic E-state index is 12.9. The Kier molecular flexibility index (Phi) is 5.38. The number of halogens is 3. The van der Waals surface area contributed by atoms with E-state index < -0.39 is 31.5 Å². The molecule has 0 saturated carbocycles. The van der Waals surface area contributed by atoms with Crippen molar-refractivity contribution in [2.45, 2.75) is 18.3 Å². The first-order valence-electron chi connectivity index (χ1n) is 8.42. The normalized spacial score (nSPS) is 17.0. The molecule has 0 aromatic heterocycles. The maximum absolute atomic E-state index is 12.9. The predicted molar refractivity (Wildman–Crippen MR) is 94.3 cm³/mol. The van der Waals surface area contributed by atoms with Gasteiger partial charge in [0.15, 0.2) is 0 Å². The lowest BCUT2D eigenvalue weighted by molar-refractivity contribution is -0.119. The van der Waals surface area contributed by atoms with Crippen molar-refractivity contribution in [2.24, 2.45) is 0 Å². The average Bonchev–Trinajstić information content (AvgIpc) is 2.63. The highest BCUT2D eigenvalue weighted by Crippen LogP contribution is 2.40. The van der Waals surface area contributed by atoms with E-state index in [4.69, 9.17) is 0 Å². The van der Waals surface area contributed by atoms with Crippen molar-refractivity contribution >= 4 is 11.4 Å². The Morgan fingerprint density at radius 2 is 1.54 bits per heavy atom. The fourth-order valence-corrected chi connectivity index (χ4v) is 3.47. The van der Waals surface area contributed by atoms with Crippen molar-refractivity contribution in [3.8, 4) is 0 Å². The van der Waals surface area contributed by atoms with Gasteiger partial charge in [-0.3, -0.25) is 0 Å². The number of hydrogen-bond donors (Lipinski definition) is 2. The monoisotopic (exact) mass is 366 g/mol. The predicted octanol–water partition coefficient (Wildman–Crippen LogP) is 2.97. The summed E-state index contributed by atoms with van der Waals surface area (Å²) >= 11 is 0. The second-order valence-electron chi connectivity index (χ2n) is 6.32. The number of fused-ring (bicyclic) bond motifs is 1. The smallest absolute Gasteiger partial charge is 0.394 e. The van der Waals surface area contributed by atoms with E-state index in [-0.39, 0.29) is 6.54 Å². The van der Waals surface area contributed by atoms with Gasteiger partial charge in [-0.1, -0.05) is 42.5 Å². The number of anilines is 2. The van der Waals surface area contributed by atoms with Crippen LogP contribution in [0.4, 0.5) is 24.5 Å². The van der Waals surface area contributed by atoms with Crippen LogP contribution in [-0.2, 0) is 0 Å². The van der Waals surface area contributed by atoms with E-state index in [1.54, 1.807) is 24.3 Å². The highest BCUT2D eigenvalue weighted by Gasteiger charge is 2.37. The van der Waals surface area contributed by atoms with Crippen LogP contribution in [0.15, 0.2) is 54.6 Å². The van der Waals surface area contributed by atoms with E-state index in [0.717, 1.165) is 5.56 Å². The average molecular weight is 366 g/mol. The number of alkyl halides is 3. The van der Waals surface area contributed by atoms with Crippen LogP contribution in [0, 0.1) is 0 Å². The molecular formula is C19H21F3N2O2. The molecule has 3 rings (SSSR count). The van der Waals surface area contributed by atoms with E-state index in [2.05, 4.69) is 0 Å². The van der Waals surface area contributed by atoms with Crippen LogP contribution in [0.1, 0.15) is 11.6 Å². The summed E-state index contributed by atoms with van der Waals surface area (Å²) in [5.74, 6) is 0. The van der Waals surface area contributed by atoms with E-state index in [9.17, 15) is 23.4 Å². The highest BCUT2D eigenvalue weighted by atomic mass is 19.4. The Hall–Kier alpha value is -2.25. The quantitative estimate of drug-likeness (QED) is 0.854. The van der Waals surface area contributed by atoms with E-state index in [0.29, 0.717) is 17.9 Å². The van der Waals surface area contributed by atoms with Crippen LogP contribution in [-0.4, -0.2) is 48.7 Å². The lowest BCUT2D eigenvalue weighted by Gasteiger charge is -2.44. The van der Waals surface area contributed by atoms with Crippen LogP contribution < -0.4 is 9.80 Å². The molecule has 2 aromatic carbocycles. The van der Waals surface area contributed by atoms with Crippen molar-refractivity contribution in [3.05, 3.63) is 60.2 Å². The van der Waals surface area contributed by atoms with Gasteiger partial charge in [-0.05, 0) is 17.7 Å². The molecule has 0 radical (unpaired) electrons. The first-order chi connectivity index (χ1) is 12.4. The molecule has 1 heterocycles. The Balaban J connectivity index is 1.99. The molecule has 26 heavy (non-hydrogen) atoms. The van der Waals surface area contributed by atoms with Crippen LogP contribution in [0.2, 0.25) is 0 Å². The van der Waals surface area contributed by atoms with Gasteiger partial charge in [-0.2, -0.15) is 13.2 Å². The number of rotatable bonds is 5. The van der Waals surface area contributed by atoms with Gasteiger partial charge >= 0.3 is 6.18 Å². The minimum Gasteiger partial charge on any atom is -0.394 e. The first kappa shape index (κ1) is 18.5. The lowest BCUT2D eigenvalue weighted by atomic mass is 9.97. The summed E-state index contributed by atoms with van der Waals surface area (Å²) in [7, 11) is 0. The summed E-state index contributed by atoms with van der Waals surface area (Å²) in [5, 5.41) is 19.9. The second kappa shape index (κ2) is 7.55. The van der Waals surface area contributed by atoms with Crippen molar-refractivity contribution in [2.75, 3.05) is 36.0 Å². The minimum absolute atomic E-state index is 0.179. The Morgan fingerprint density at radius 1 is 0.923 bits per heavy atom. The molecule has 0 spiro atoms. The Bertz CT molecular complexity index is 724. The molecule has 1 aliphatic heterocycles. The fraction of sp³-hybridized carbons (Fsp3) is 0.368. The number of benzene rings is 2. The van der Waals surface area contributed by atoms with Gasteiger partial charge in [0.05, 0.1) is 24.0 Å². The molecule has 2 N–H and O–H groups in total. The number of hydrogen-bond acceptors (Lipinski definition) is 4. The largest absolute Gasteiger partial charge is 0.405 e. The van der Waals surface area contributed by atoms with E-state index in [1.807, 2.05) is 35.2 Å². The summed E-state index contributed by atoms with van der Waals surface area (Å²) < 4.78 is 38.7. The summed E-state index contributed by atoms with van der Waals surface area (Å²) in [6, 6.07) is 15.5. The van der Waals surface area contributed by atoms with Crippen LogP contribution in [0.5, 0.6) is 0 Å². The zero-order chi connectivity index (χ0) is 18.7. The van der Waals surface area contributed by atoms with Crippen LogP contribution in [0.25, 0.3) is 0 Å². The summed E-state index contributed by atoms with van der Waals surface area (Å²) in [5.41, 5.74) is 1.89. The molecule has 0 unspecified atom stereocenters. The Morgan fingerprint density at radius 3 is 2.15 bits per heavy atom. The summed E-state index contributed by atoms with van der Waals surface area (Å²) in [6.45, 7) is -0.970. The van der Waals surface area contributed by atoms with Gasteiger partial charge in [0.25, 0.3) is 0 Å². The molecule has 0 amide bonds. The van der Waals surface area contributed by atoms with Crippen molar-refractivity contribution < 1.29 is 23.4 Å².